The van der Waals surface area contributed by atoms with Crippen LogP contribution >= 0.6 is 0 Å². The second-order valence-corrected chi connectivity index (χ2v) is 12.1. The molecule has 0 atom stereocenters. The van der Waals surface area contributed by atoms with Gasteiger partial charge in [0.2, 0.25) is 0 Å². The third kappa shape index (κ3) is 4.84. The molecule has 3 aromatic heterocycles. The molecule has 5 nitrogen and oxygen atoms in total. The van der Waals surface area contributed by atoms with Crippen LogP contribution in [-0.4, -0.2) is 19.3 Å². The molecule has 0 fully saturated rings. The van der Waals surface area contributed by atoms with Crippen LogP contribution in [0.2, 0.25) is 0 Å². The second kappa shape index (κ2) is 10.8. The lowest BCUT2D eigenvalue weighted by Gasteiger charge is -2.15. The zero-order chi connectivity index (χ0) is 30.5. The highest BCUT2D eigenvalue weighted by Crippen LogP contribution is 2.37. The van der Waals surface area contributed by atoms with Crippen molar-refractivity contribution in [3.8, 4) is 34.1 Å². The Morgan fingerprint density at radius 1 is 0.682 bits per heavy atom. The summed E-state index contributed by atoms with van der Waals surface area (Å²) in [6.07, 6.45) is 1.87. The van der Waals surface area contributed by atoms with Crippen LogP contribution in [0.5, 0.6) is 11.5 Å². The molecule has 0 spiro atoms. The van der Waals surface area contributed by atoms with Gasteiger partial charge in [-0.05, 0) is 92.8 Å². The van der Waals surface area contributed by atoms with E-state index in [1.165, 1.54) is 38.6 Å². The number of hydrogen-bond acceptors (Lipinski definition) is 3. The van der Waals surface area contributed by atoms with Crippen LogP contribution < -0.4 is 4.74 Å². The van der Waals surface area contributed by atoms with Crippen LogP contribution in [0, 0.1) is 27.7 Å². The first kappa shape index (κ1) is 27.7. The molecule has 7 aromatic rings. The number of pyridine rings is 1. The van der Waals surface area contributed by atoms with E-state index in [0.717, 1.165) is 45.4 Å². The topological polar surface area (TPSA) is 44.9 Å². The number of fused-ring (bicyclic) bond motifs is 3. The molecule has 0 radical (unpaired) electrons. The van der Waals surface area contributed by atoms with Crippen molar-refractivity contribution in [3.05, 3.63) is 131 Å². The van der Waals surface area contributed by atoms with E-state index in [4.69, 9.17) is 14.8 Å². The molecule has 0 aliphatic carbocycles. The largest absolute Gasteiger partial charge is 0.457 e. The summed E-state index contributed by atoms with van der Waals surface area (Å²) >= 11 is 0. The van der Waals surface area contributed by atoms with Gasteiger partial charge in [0, 0.05) is 40.4 Å². The van der Waals surface area contributed by atoms with Gasteiger partial charge in [-0.2, -0.15) is 5.10 Å². The summed E-state index contributed by atoms with van der Waals surface area (Å²) in [5, 5.41) is 7.35. The van der Waals surface area contributed by atoms with Crippen LogP contribution in [0.15, 0.2) is 103 Å². The van der Waals surface area contributed by atoms with Crippen molar-refractivity contribution < 1.29 is 4.74 Å². The van der Waals surface area contributed by atoms with E-state index in [9.17, 15) is 0 Å². The van der Waals surface area contributed by atoms with Gasteiger partial charge in [-0.3, -0.25) is 4.57 Å². The molecule has 7 rings (SSSR count). The molecule has 0 saturated heterocycles. The molecular formula is C39H36N4O. The van der Waals surface area contributed by atoms with E-state index in [1.807, 2.05) is 16.9 Å². The maximum atomic E-state index is 6.65. The Morgan fingerprint density at radius 3 is 2.23 bits per heavy atom. The summed E-state index contributed by atoms with van der Waals surface area (Å²) in [7, 11) is 0. The SMILES string of the molecule is Cc1ccc(-c2c(C)nn(-c3cc(Oc4ccc5c6ccccc6n(-c6cc(C)ccn6)c5c4)cc(C(C)C)c3)c2C)cc1. The molecule has 0 aliphatic heterocycles. The lowest BCUT2D eigenvalue weighted by Crippen LogP contribution is -2.02. The van der Waals surface area contributed by atoms with Crippen molar-refractivity contribution in [1.82, 2.24) is 19.3 Å². The van der Waals surface area contributed by atoms with E-state index in [2.05, 4.69) is 137 Å². The van der Waals surface area contributed by atoms with Crippen LogP contribution in [-0.2, 0) is 0 Å². The van der Waals surface area contributed by atoms with Crippen LogP contribution in [0.25, 0.3) is 44.4 Å². The fourth-order valence-electron chi connectivity index (χ4n) is 6.19. The number of aryl methyl sites for hydroxylation is 3. The Labute approximate surface area is 258 Å². The van der Waals surface area contributed by atoms with Crippen LogP contribution in [0.3, 0.4) is 0 Å². The lowest BCUT2D eigenvalue weighted by molar-refractivity contribution is 0.481. The van der Waals surface area contributed by atoms with Gasteiger partial charge in [0.15, 0.2) is 0 Å². The number of hydrogen-bond donors (Lipinski definition) is 0. The number of ether oxygens (including phenoxy) is 1. The van der Waals surface area contributed by atoms with E-state index in [0.29, 0.717) is 5.92 Å². The maximum Gasteiger partial charge on any atom is 0.137 e. The zero-order valence-corrected chi connectivity index (χ0v) is 26.1. The standard InChI is InChI=1S/C39H36N4O/c1-24(2)30-20-31(43-28(6)39(27(5)41-43)29-13-11-25(3)12-14-29)22-33(21-30)44-32-15-16-35-34-9-7-8-10-36(34)42(37(35)23-32)38-19-26(4)17-18-40-38/h7-24H,1-6H3. The molecule has 218 valence electrons. The molecule has 0 unspecified atom stereocenters. The minimum absolute atomic E-state index is 0.322. The second-order valence-electron chi connectivity index (χ2n) is 12.1. The number of rotatable bonds is 6. The minimum Gasteiger partial charge on any atom is -0.457 e. The van der Waals surface area contributed by atoms with Gasteiger partial charge < -0.3 is 4.74 Å². The van der Waals surface area contributed by atoms with Crippen molar-refractivity contribution in [1.29, 1.82) is 0 Å². The van der Waals surface area contributed by atoms with Crippen molar-refractivity contribution in [2.45, 2.75) is 47.5 Å². The quantitative estimate of drug-likeness (QED) is 0.198. The molecule has 44 heavy (non-hydrogen) atoms. The normalized spacial score (nSPS) is 11.6. The van der Waals surface area contributed by atoms with Crippen molar-refractivity contribution >= 4 is 21.8 Å². The van der Waals surface area contributed by atoms with Gasteiger partial charge in [0.25, 0.3) is 0 Å². The third-order valence-corrected chi connectivity index (χ3v) is 8.47. The Balaban J connectivity index is 1.33. The lowest BCUT2D eigenvalue weighted by atomic mass is 10.0. The number of benzene rings is 4. The first-order chi connectivity index (χ1) is 21.3. The summed E-state index contributed by atoms with van der Waals surface area (Å²) in [5.74, 6) is 2.77. The molecule has 0 aliphatic rings. The zero-order valence-electron chi connectivity index (χ0n) is 26.1. The van der Waals surface area contributed by atoms with Gasteiger partial charge >= 0.3 is 0 Å². The Hall–Kier alpha value is -5.16. The van der Waals surface area contributed by atoms with Crippen LogP contribution in [0.4, 0.5) is 0 Å². The first-order valence-corrected chi connectivity index (χ1v) is 15.2. The summed E-state index contributed by atoms with van der Waals surface area (Å²) in [5.41, 5.74) is 11.2. The highest BCUT2D eigenvalue weighted by molar-refractivity contribution is 6.09. The average molecular weight is 577 g/mol. The molecule has 4 aromatic carbocycles. The Kier molecular flexibility index (Phi) is 6.81. The van der Waals surface area contributed by atoms with Gasteiger partial charge in [0.1, 0.15) is 17.3 Å². The van der Waals surface area contributed by atoms with E-state index in [-0.39, 0.29) is 0 Å². The maximum absolute atomic E-state index is 6.65. The van der Waals surface area contributed by atoms with Gasteiger partial charge in [-0.1, -0.05) is 61.9 Å². The molecule has 3 heterocycles. The highest BCUT2D eigenvalue weighted by atomic mass is 16.5. The first-order valence-electron chi connectivity index (χ1n) is 15.2. The summed E-state index contributed by atoms with van der Waals surface area (Å²) in [6.45, 7) is 12.9. The predicted molar refractivity (Wildman–Crippen MR) is 181 cm³/mol. The molecule has 0 N–H and O–H groups in total. The van der Waals surface area contributed by atoms with Gasteiger partial charge in [0.05, 0.1) is 22.4 Å². The van der Waals surface area contributed by atoms with Crippen molar-refractivity contribution in [2.75, 3.05) is 0 Å². The van der Waals surface area contributed by atoms with E-state index in [1.54, 1.807) is 0 Å². The summed E-state index contributed by atoms with van der Waals surface area (Å²) in [6, 6.07) is 34.1. The predicted octanol–water partition coefficient (Wildman–Crippen LogP) is 10.2. The smallest absolute Gasteiger partial charge is 0.137 e. The number of nitrogens with zero attached hydrogens (tertiary/aromatic N) is 4. The van der Waals surface area contributed by atoms with Crippen LogP contribution in [0.1, 0.15) is 47.8 Å². The van der Waals surface area contributed by atoms with Crippen molar-refractivity contribution in [2.24, 2.45) is 0 Å². The summed E-state index contributed by atoms with van der Waals surface area (Å²) < 4.78 is 10.9. The van der Waals surface area contributed by atoms with Crippen molar-refractivity contribution in [3.63, 3.8) is 0 Å². The van der Waals surface area contributed by atoms with E-state index < -0.39 is 0 Å². The monoisotopic (exact) mass is 576 g/mol. The molecule has 0 bridgehead atoms. The van der Waals surface area contributed by atoms with E-state index >= 15 is 0 Å². The molecule has 0 saturated carbocycles. The Morgan fingerprint density at radius 2 is 1.45 bits per heavy atom. The third-order valence-electron chi connectivity index (χ3n) is 8.47. The highest BCUT2D eigenvalue weighted by Gasteiger charge is 2.18. The van der Waals surface area contributed by atoms with Gasteiger partial charge in [-0.15, -0.1) is 0 Å². The molecule has 0 amide bonds. The van der Waals surface area contributed by atoms with Gasteiger partial charge in [-0.25, -0.2) is 9.67 Å². The summed E-state index contributed by atoms with van der Waals surface area (Å²) in [4.78, 5) is 4.73. The fraction of sp³-hybridized carbons (Fsp3) is 0.179. The number of para-hydroxylation sites is 1. The molecule has 5 heteroatoms. The Bertz CT molecular complexity index is 2170. The molecular weight excluding hydrogens is 540 g/mol. The fourth-order valence-corrected chi connectivity index (χ4v) is 6.19. The number of aromatic nitrogens is 4. The average Bonchev–Trinajstić information content (AvgIpc) is 3.50. The minimum atomic E-state index is 0.322.